The number of ether oxygens (including phenoxy) is 2. The SMILES string of the molecule is COc1cccc(P(=O)(Sc2ccc(C)cc2)c2cccc(OC)c2)c1. The number of benzene rings is 3. The van der Waals surface area contributed by atoms with E-state index in [1.54, 1.807) is 14.2 Å². The fraction of sp³-hybridized carbons (Fsp3) is 0.143. The number of hydrogen-bond acceptors (Lipinski definition) is 4. The van der Waals surface area contributed by atoms with Gasteiger partial charge in [0.15, 0.2) is 6.34 Å². The van der Waals surface area contributed by atoms with Crippen molar-refractivity contribution >= 4 is 28.3 Å². The molecule has 0 saturated heterocycles. The summed E-state index contributed by atoms with van der Waals surface area (Å²) < 4.78 is 24.9. The van der Waals surface area contributed by atoms with Crippen LogP contribution in [0.3, 0.4) is 0 Å². The zero-order valence-electron chi connectivity index (χ0n) is 15.0. The van der Waals surface area contributed by atoms with Crippen LogP contribution in [-0.4, -0.2) is 14.2 Å². The lowest BCUT2D eigenvalue weighted by Gasteiger charge is -2.20. The molecule has 0 spiro atoms. The highest BCUT2D eigenvalue weighted by Crippen LogP contribution is 2.60. The second-order valence-corrected chi connectivity index (χ2v) is 10.7. The van der Waals surface area contributed by atoms with Crippen molar-refractivity contribution in [3.8, 4) is 11.5 Å². The van der Waals surface area contributed by atoms with Crippen molar-refractivity contribution in [2.45, 2.75) is 11.8 Å². The van der Waals surface area contributed by atoms with Crippen molar-refractivity contribution < 1.29 is 14.0 Å². The van der Waals surface area contributed by atoms with Gasteiger partial charge >= 0.3 is 0 Å². The molecule has 0 radical (unpaired) electrons. The molecule has 3 aromatic carbocycles. The highest BCUT2D eigenvalue weighted by Gasteiger charge is 2.30. The minimum atomic E-state index is -2.98. The van der Waals surface area contributed by atoms with Gasteiger partial charge in [-0.05, 0) is 43.3 Å². The lowest BCUT2D eigenvalue weighted by Crippen LogP contribution is -2.14. The number of methoxy groups -OCH3 is 2. The van der Waals surface area contributed by atoms with E-state index < -0.39 is 6.34 Å². The van der Waals surface area contributed by atoms with Crippen molar-refractivity contribution in [2.75, 3.05) is 14.2 Å². The molecule has 0 aliphatic carbocycles. The van der Waals surface area contributed by atoms with E-state index in [0.717, 1.165) is 15.5 Å². The van der Waals surface area contributed by atoms with Crippen LogP contribution in [0.15, 0.2) is 77.7 Å². The molecule has 0 fully saturated rings. The number of rotatable bonds is 6. The normalized spacial score (nSPS) is 11.2. The van der Waals surface area contributed by atoms with Gasteiger partial charge in [-0.1, -0.05) is 53.3 Å². The summed E-state index contributed by atoms with van der Waals surface area (Å²) in [6.45, 7) is 2.04. The van der Waals surface area contributed by atoms with Gasteiger partial charge in [0.05, 0.1) is 14.2 Å². The Balaban J connectivity index is 2.13. The summed E-state index contributed by atoms with van der Waals surface area (Å²) in [5.41, 5.74) is 1.17. The highest BCUT2D eigenvalue weighted by atomic mass is 32.7. The molecule has 0 N–H and O–H groups in total. The van der Waals surface area contributed by atoms with Crippen LogP contribution in [0.1, 0.15) is 5.56 Å². The Kier molecular flexibility index (Phi) is 5.75. The molecular formula is C21H21O3PS. The Labute approximate surface area is 158 Å². The van der Waals surface area contributed by atoms with Crippen molar-refractivity contribution in [3.05, 3.63) is 78.4 Å². The van der Waals surface area contributed by atoms with Crippen LogP contribution < -0.4 is 20.1 Å². The third-order valence-electron chi connectivity index (χ3n) is 4.04. The van der Waals surface area contributed by atoms with Gasteiger partial charge in [0.1, 0.15) is 11.5 Å². The molecule has 0 saturated carbocycles. The van der Waals surface area contributed by atoms with Gasteiger partial charge in [-0.25, -0.2) is 0 Å². The average Bonchev–Trinajstić information content (AvgIpc) is 2.69. The fourth-order valence-corrected chi connectivity index (χ4v) is 7.38. The van der Waals surface area contributed by atoms with E-state index in [1.807, 2.05) is 79.7 Å². The minimum absolute atomic E-state index is 0.690. The second-order valence-electron chi connectivity index (χ2n) is 5.86. The topological polar surface area (TPSA) is 35.5 Å². The lowest BCUT2D eigenvalue weighted by atomic mass is 10.2. The molecule has 0 amide bonds. The maximum atomic E-state index is 14.3. The molecule has 0 aromatic heterocycles. The maximum Gasteiger partial charge on any atom is 0.199 e. The van der Waals surface area contributed by atoms with E-state index in [2.05, 4.69) is 0 Å². The molecule has 3 rings (SSSR count). The third kappa shape index (κ3) is 3.98. The molecule has 134 valence electrons. The van der Waals surface area contributed by atoms with Crippen LogP contribution in [0.25, 0.3) is 0 Å². The molecule has 5 heteroatoms. The Hall–Kier alpha value is -2.16. The van der Waals surface area contributed by atoms with Gasteiger partial charge in [0, 0.05) is 15.5 Å². The van der Waals surface area contributed by atoms with Crippen LogP contribution in [-0.2, 0) is 4.57 Å². The first-order chi connectivity index (χ1) is 12.5. The van der Waals surface area contributed by atoms with Gasteiger partial charge in [0.2, 0.25) is 0 Å². The monoisotopic (exact) mass is 384 g/mol. The molecule has 3 aromatic rings. The first kappa shape index (κ1) is 18.6. The van der Waals surface area contributed by atoms with Crippen LogP contribution in [0, 0.1) is 6.92 Å². The summed E-state index contributed by atoms with van der Waals surface area (Å²) >= 11 is 1.39. The zero-order valence-corrected chi connectivity index (χ0v) is 16.7. The van der Waals surface area contributed by atoms with E-state index in [4.69, 9.17) is 9.47 Å². The van der Waals surface area contributed by atoms with Gasteiger partial charge in [0.25, 0.3) is 0 Å². The summed E-state index contributed by atoms with van der Waals surface area (Å²) in [5.74, 6) is 1.38. The second kappa shape index (κ2) is 8.03. The van der Waals surface area contributed by atoms with E-state index in [1.165, 1.54) is 16.9 Å². The van der Waals surface area contributed by atoms with Crippen molar-refractivity contribution in [1.82, 2.24) is 0 Å². The van der Waals surface area contributed by atoms with Gasteiger partial charge in [-0.2, -0.15) is 0 Å². The Morgan fingerprint density at radius 3 is 1.73 bits per heavy atom. The highest BCUT2D eigenvalue weighted by molar-refractivity contribution is 8.62. The van der Waals surface area contributed by atoms with E-state index in [9.17, 15) is 4.57 Å². The predicted octanol–water partition coefficient (Wildman–Crippen LogP) is 5.03. The molecule has 0 aliphatic rings. The maximum absolute atomic E-state index is 14.3. The molecule has 0 heterocycles. The summed E-state index contributed by atoms with van der Waals surface area (Å²) in [6, 6.07) is 23.0. The smallest absolute Gasteiger partial charge is 0.199 e. The van der Waals surface area contributed by atoms with Crippen molar-refractivity contribution in [1.29, 1.82) is 0 Å². The van der Waals surface area contributed by atoms with Crippen LogP contribution >= 0.6 is 17.7 Å². The van der Waals surface area contributed by atoms with Gasteiger partial charge in [-0.15, -0.1) is 0 Å². The first-order valence-corrected chi connectivity index (χ1v) is 11.3. The number of hydrogen-bond donors (Lipinski definition) is 0. The van der Waals surface area contributed by atoms with Crippen LogP contribution in [0.5, 0.6) is 11.5 Å². The van der Waals surface area contributed by atoms with Crippen LogP contribution in [0.2, 0.25) is 0 Å². The van der Waals surface area contributed by atoms with E-state index in [0.29, 0.717) is 11.5 Å². The summed E-state index contributed by atoms with van der Waals surface area (Å²) in [5, 5.41) is 1.49. The molecular weight excluding hydrogens is 363 g/mol. The largest absolute Gasteiger partial charge is 0.497 e. The lowest BCUT2D eigenvalue weighted by molar-refractivity contribution is 0.415. The fourth-order valence-electron chi connectivity index (χ4n) is 2.59. The summed E-state index contributed by atoms with van der Waals surface area (Å²) in [6.07, 6.45) is -2.98. The Bertz CT molecular complexity index is 886. The van der Waals surface area contributed by atoms with Crippen molar-refractivity contribution in [2.24, 2.45) is 0 Å². The minimum Gasteiger partial charge on any atom is -0.497 e. The first-order valence-electron chi connectivity index (χ1n) is 8.21. The van der Waals surface area contributed by atoms with E-state index in [-0.39, 0.29) is 0 Å². The third-order valence-corrected chi connectivity index (χ3v) is 9.37. The Morgan fingerprint density at radius 1 is 0.769 bits per heavy atom. The van der Waals surface area contributed by atoms with Crippen molar-refractivity contribution in [3.63, 3.8) is 0 Å². The summed E-state index contributed by atoms with van der Waals surface area (Å²) in [4.78, 5) is 0.963. The number of aryl methyl sites for hydroxylation is 1. The Morgan fingerprint density at radius 2 is 1.27 bits per heavy atom. The van der Waals surface area contributed by atoms with E-state index >= 15 is 0 Å². The molecule has 26 heavy (non-hydrogen) atoms. The quantitative estimate of drug-likeness (QED) is 0.558. The molecule has 0 bridgehead atoms. The summed E-state index contributed by atoms with van der Waals surface area (Å²) in [7, 11) is 3.23. The molecule has 0 aliphatic heterocycles. The standard InChI is InChI=1S/C21H21O3PS/c1-16-10-12-21(13-11-16)26-25(22,19-8-4-6-17(14-19)23-2)20-9-5-7-18(15-20)24-3/h4-15H,1-3H3. The van der Waals surface area contributed by atoms with Crippen LogP contribution in [0.4, 0.5) is 0 Å². The average molecular weight is 384 g/mol. The molecule has 0 atom stereocenters. The molecule has 3 nitrogen and oxygen atoms in total. The zero-order chi connectivity index (χ0) is 18.6. The predicted molar refractivity (Wildman–Crippen MR) is 110 cm³/mol. The van der Waals surface area contributed by atoms with Gasteiger partial charge in [-0.3, -0.25) is 0 Å². The molecule has 0 unspecified atom stereocenters. The van der Waals surface area contributed by atoms with Gasteiger partial charge < -0.3 is 14.0 Å².